The van der Waals surface area contributed by atoms with Gasteiger partial charge in [-0.15, -0.1) is 11.8 Å². The molecule has 0 aromatic rings. The monoisotopic (exact) mass is 247 g/mol. The molecule has 0 bridgehead atoms. The Balaban J connectivity index is 3.77. The quantitative estimate of drug-likeness (QED) is 0.643. The topological polar surface area (TPSA) is 66.4 Å². The predicted molar refractivity (Wildman–Crippen MR) is 66.7 cm³/mol. The lowest BCUT2D eigenvalue weighted by Crippen LogP contribution is -2.33. The fourth-order valence-electron chi connectivity index (χ4n) is 1.16. The molecule has 0 rings (SSSR count). The molecule has 0 aromatic heterocycles. The molecule has 0 saturated heterocycles. The number of carbonyl (C=O) groups excluding carboxylic acids is 1. The number of thioether (sulfide) groups is 1. The van der Waals surface area contributed by atoms with Crippen LogP contribution in [0.15, 0.2) is 0 Å². The summed E-state index contributed by atoms with van der Waals surface area (Å²) in [6.07, 6.45) is 3.21. The van der Waals surface area contributed by atoms with Gasteiger partial charge in [-0.25, -0.2) is 0 Å². The second-order valence-electron chi connectivity index (χ2n) is 3.76. The van der Waals surface area contributed by atoms with Crippen LogP contribution < -0.4 is 5.32 Å². The third-order valence-electron chi connectivity index (χ3n) is 2.20. The summed E-state index contributed by atoms with van der Waals surface area (Å²) in [6.45, 7) is 6.11. The summed E-state index contributed by atoms with van der Waals surface area (Å²) in [5.41, 5.74) is 0. The van der Waals surface area contributed by atoms with Gasteiger partial charge < -0.3 is 10.4 Å². The van der Waals surface area contributed by atoms with Gasteiger partial charge in [0.2, 0.25) is 5.91 Å². The minimum atomic E-state index is -0.879. The van der Waals surface area contributed by atoms with E-state index in [4.69, 9.17) is 5.11 Å². The molecular formula is C11H21NO3S. The molecule has 0 aliphatic carbocycles. The molecule has 0 heterocycles. The largest absolute Gasteiger partial charge is 0.480 e. The number of carboxylic acids is 1. The van der Waals surface area contributed by atoms with Gasteiger partial charge in [-0.1, -0.05) is 19.8 Å². The van der Waals surface area contributed by atoms with E-state index in [1.54, 1.807) is 13.8 Å². The number of hydrogen-bond donors (Lipinski definition) is 2. The lowest BCUT2D eigenvalue weighted by Gasteiger charge is -2.14. The van der Waals surface area contributed by atoms with Crippen molar-refractivity contribution >= 4 is 23.6 Å². The molecule has 1 amide bonds. The Bertz CT molecular complexity index is 233. The first kappa shape index (κ1) is 15.3. The summed E-state index contributed by atoms with van der Waals surface area (Å²) in [6, 6.07) is 0. The molecule has 0 aliphatic rings. The first-order valence-corrected chi connectivity index (χ1v) is 6.59. The zero-order valence-electron chi connectivity index (χ0n) is 10.2. The first-order valence-electron chi connectivity index (χ1n) is 5.65. The molecule has 16 heavy (non-hydrogen) atoms. The fourth-order valence-corrected chi connectivity index (χ4v) is 2.09. The average Bonchev–Trinajstić information content (AvgIpc) is 2.23. The molecular weight excluding hydrogens is 226 g/mol. The van der Waals surface area contributed by atoms with Crippen LogP contribution in [0.4, 0.5) is 0 Å². The molecule has 0 aromatic carbocycles. The van der Waals surface area contributed by atoms with E-state index >= 15 is 0 Å². The maximum atomic E-state index is 11.5. The number of aliphatic carboxylic acids is 1. The standard InChI is InChI=1S/C11H21NO3S/c1-4-5-6-7-12-10(13)8(2)16-9(3)11(14)15/h8-9H,4-7H2,1-3H3,(H,12,13)(H,14,15). The van der Waals surface area contributed by atoms with E-state index in [1.165, 1.54) is 11.8 Å². The first-order chi connectivity index (χ1) is 7.49. The maximum absolute atomic E-state index is 11.5. The minimum absolute atomic E-state index is 0.0748. The van der Waals surface area contributed by atoms with Gasteiger partial charge in [-0.2, -0.15) is 0 Å². The highest BCUT2D eigenvalue weighted by atomic mass is 32.2. The minimum Gasteiger partial charge on any atom is -0.480 e. The highest BCUT2D eigenvalue weighted by Gasteiger charge is 2.20. The van der Waals surface area contributed by atoms with E-state index in [9.17, 15) is 9.59 Å². The third-order valence-corrected chi connectivity index (χ3v) is 3.44. The molecule has 2 atom stereocenters. The summed E-state index contributed by atoms with van der Waals surface area (Å²) >= 11 is 1.17. The zero-order chi connectivity index (χ0) is 12.6. The fraction of sp³-hybridized carbons (Fsp3) is 0.818. The van der Waals surface area contributed by atoms with E-state index in [0.29, 0.717) is 6.54 Å². The Morgan fingerprint density at radius 2 is 1.88 bits per heavy atom. The van der Waals surface area contributed by atoms with Gasteiger partial charge in [0.1, 0.15) is 5.25 Å². The van der Waals surface area contributed by atoms with Crippen LogP contribution in [0.25, 0.3) is 0 Å². The Hall–Kier alpha value is -0.710. The van der Waals surface area contributed by atoms with Crippen molar-refractivity contribution in [2.45, 2.75) is 50.5 Å². The predicted octanol–water partition coefficient (Wildman–Crippen LogP) is 1.89. The molecule has 2 N–H and O–H groups in total. The maximum Gasteiger partial charge on any atom is 0.316 e. The Kier molecular flexibility index (Phi) is 8.07. The zero-order valence-corrected chi connectivity index (χ0v) is 11.0. The van der Waals surface area contributed by atoms with Gasteiger partial charge in [0.05, 0.1) is 5.25 Å². The number of unbranched alkanes of at least 4 members (excludes halogenated alkanes) is 2. The van der Waals surface area contributed by atoms with E-state index < -0.39 is 11.2 Å². The second kappa shape index (κ2) is 8.44. The van der Waals surface area contributed by atoms with Crippen molar-refractivity contribution in [1.82, 2.24) is 5.32 Å². The third kappa shape index (κ3) is 6.71. The van der Waals surface area contributed by atoms with Crippen molar-refractivity contribution in [3.8, 4) is 0 Å². The molecule has 94 valence electrons. The summed E-state index contributed by atoms with van der Waals surface area (Å²) < 4.78 is 0. The van der Waals surface area contributed by atoms with Crippen molar-refractivity contribution in [3.05, 3.63) is 0 Å². The molecule has 4 nitrogen and oxygen atoms in total. The summed E-state index contributed by atoms with van der Waals surface area (Å²) in [4.78, 5) is 22.1. The molecule has 0 aliphatic heterocycles. The van der Waals surface area contributed by atoms with Crippen LogP contribution in [0.2, 0.25) is 0 Å². The number of amides is 1. The normalized spacial score (nSPS) is 14.2. The summed E-state index contributed by atoms with van der Waals surface area (Å²) in [5.74, 6) is -0.954. The van der Waals surface area contributed by atoms with E-state index in [0.717, 1.165) is 19.3 Å². The number of hydrogen-bond acceptors (Lipinski definition) is 3. The second-order valence-corrected chi connectivity index (χ2v) is 5.44. The summed E-state index contributed by atoms with van der Waals surface area (Å²) in [7, 11) is 0. The van der Waals surface area contributed by atoms with Crippen LogP contribution in [-0.2, 0) is 9.59 Å². The van der Waals surface area contributed by atoms with Crippen LogP contribution in [0.3, 0.4) is 0 Å². The van der Waals surface area contributed by atoms with Gasteiger partial charge in [0.15, 0.2) is 0 Å². The Labute approximate surface area is 101 Å². The van der Waals surface area contributed by atoms with Crippen molar-refractivity contribution in [2.75, 3.05) is 6.54 Å². The lowest BCUT2D eigenvalue weighted by molar-refractivity contribution is -0.136. The number of carbonyl (C=O) groups is 2. The van der Waals surface area contributed by atoms with Crippen LogP contribution in [0.1, 0.15) is 40.0 Å². The van der Waals surface area contributed by atoms with Crippen molar-refractivity contribution in [1.29, 1.82) is 0 Å². The van der Waals surface area contributed by atoms with Crippen LogP contribution >= 0.6 is 11.8 Å². The van der Waals surface area contributed by atoms with Crippen LogP contribution in [0.5, 0.6) is 0 Å². The van der Waals surface area contributed by atoms with Crippen molar-refractivity contribution in [3.63, 3.8) is 0 Å². The molecule has 5 heteroatoms. The molecule has 0 saturated carbocycles. The molecule has 0 fully saturated rings. The highest BCUT2D eigenvalue weighted by molar-refractivity contribution is 8.01. The van der Waals surface area contributed by atoms with Gasteiger partial charge in [0.25, 0.3) is 0 Å². The molecule has 2 unspecified atom stereocenters. The van der Waals surface area contributed by atoms with Gasteiger partial charge in [0, 0.05) is 6.54 Å². The van der Waals surface area contributed by atoms with Gasteiger partial charge >= 0.3 is 5.97 Å². The van der Waals surface area contributed by atoms with Crippen molar-refractivity contribution in [2.24, 2.45) is 0 Å². The summed E-state index contributed by atoms with van der Waals surface area (Å²) in [5, 5.41) is 10.7. The molecule has 0 spiro atoms. The Morgan fingerprint density at radius 1 is 1.25 bits per heavy atom. The number of rotatable bonds is 8. The van der Waals surface area contributed by atoms with Gasteiger partial charge in [-0.3, -0.25) is 9.59 Å². The van der Waals surface area contributed by atoms with Gasteiger partial charge in [-0.05, 0) is 20.3 Å². The highest BCUT2D eigenvalue weighted by Crippen LogP contribution is 2.17. The smallest absolute Gasteiger partial charge is 0.316 e. The molecule has 0 radical (unpaired) electrons. The van der Waals surface area contributed by atoms with Crippen LogP contribution in [-0.4, -0.2) is 34.0 Å². The number of carboxylic acid groups (broad SMARTS) is 1. The average molecular weight is 247 g/mol. The number of nitrogens with one attached hydrogen (secondary N) is 1. The van der Waals surface area contributed by atoms with E-state index in [2.05, 4.69) is 12.2 Å². The van der Waals surface area contributed by atoms with Crippen LogP contribution in [0, 0.1) is 0 Å². The van der Waals surface area contributed by atoms with E-state index in [-0.39, 0.29) is 11.2 Å². The van der Waals surface area contributed by atoms with E-state index in [1.807, 2.05) is 0 Å². The SMILES string of the molecule is CCCCCNC(=O)C(C)SC(C)C(=O)O. The van der Waals surface area contributed by atoms with Crippen molar-refractivity contribution < 1.29 is 14.7 Å². The lowest BCUT2D eigenvalue weighted by atomic mass is 10.2. The Morgan fingerprint density at radius 3 is 2.38 bits per heavy atom.